The minimum atomic E-state index is -0.717. The number of ether oxygens (including phenoxy) is 3. The van der Waals surface area contributed by atoms with Gasteiger partial charge in [-0.2, -0.15) is 0 Å². The molecule has 1 atom stereocenters. The van der Waals surface area contributed by atoms with E-state index in [2.05, 4.69) is 0 Å². The van der Waals surface area contributed by atoms with Crippen molar-refractivity contribution in [3.05, 3.63) is 23.8 Å². The van der Waals surface area contributed by atoms with Crippen molar-refractivity contribution in [3.8, 4) is 11.5 Å². The van der Waals surface area contributed by atoms with E-state index >= 15 is 0 Å². The van der Waals surface area contributed by atoms with Gasteiger partial charge in [-0.15, -0.1) is 0 Å². The second-order valence-electron chi connectivity index (χ2n) is 4.52. The Morgan fingerprint density at radius 3 is 2.56 bits per heavy atom. The number of amides is 1. The van der Waals surface area contributed by atoms with Crippen LogP contribution in [0.5, 0.6) is 11.5 Å². The van der Waals surface area contributed by atoms with Crippen molar-refractivity contribution in [3.63, 3.8) is 0 Å². The van der Waals surface area contributed by atoms with Crippen molar-refractivity contribution >= 4 is 6.09 Å². The van der Waals surface area contributed by atoms with Gasteiger partial charge in [0, 0.05) is 12.6 Å². The number of benzene rings is 1. The Kier molecular flexibility index (Phi) is 3.07. The van der Waals surface area contributed by atoms with E-state index in [9.17, 15) is 4.79 Å². The number of nitrogens with zero attached hydrogens (tertiary/aromatic N) is 1. The molecule has 1 aromatic rings. The van der Waals surface area contributed by atoms with Crippen molar-refractivity contribution in [1.29, 1.82) is 0 Å². The van der Waals surface area contributed by atoms with Crippen LogP contribution in [0.2, 0.25) is 0 Å². The Labute approximate surface area is 106 Å². The fraction of sp³-hybridized carbons (Fsp3) is 0.462. The maximum absolute atomic E-state index is 11.5. The van der Waals surface area contributed by atoms with E-state index in [4.69, 9.17) is 14.2 Å². The summed E-state index contributed by atoms with van der Waals surface area (Å²) in [5, 5.41) is 0. The van der Waals surface area contributed by atoms with E-state index in [-0.39, 0.29) is 6.09 Å². The minimum absolute atomic E-state index is 0.331. The second kappa shape index (κ2) is 4.40. The van der Waals surface area contributed by atoms with Gasteiger partial charge in [-0.25, -0.2) is 4.79 Å². The molecule has 1 saturated heterocycles. The number of hydrogen-bond donors (Lipinski definition) is 0. The first kappa shape index (κ1) is 12.5. The zero-order valence-electron chi connectivity index (χ0n) is 11.0. The van der Waals surface area contributed by atoms with Crippen molar-refractivity contribution in [2.45, 2.75) is 12.5 Å². The molecule has 0 N–H and O–H groups in total. The Balaban J connectivity index is 2.46. The van der Waals surface area contributed by atoms with Crippen molar-refractivity contribution in [1.82, 2.24) is 4.90 Å². The summed E-state index contributed by atoms with van der Waals surface area (Å²) in [6.45, 7) is 2.35. The average molecular weight is 251 g/mol. The van der Waals surface area contributed by atoms with Gasteiger partial charge >= 0.3 is 6.09 Å². The molecule has 2 rings (SSSR count). The Morgan fingerprint density at radius 2 is 2.06 bits per heavy atom. The van der Waals surface area contributed by atoms with Crippen LogP contribution in [0.1, 0.15) is 12.5 Å². The van der Waals surface area contributed by atoms with Crippen LogP contribution in [-0.2, 0) is 10.3 Å². The third-order valence-corrected chi connectivity index (χ3v) is 3.14. The Morgan fingerprint density at radius 1 is 1.33 bits per heavy atom. The molecule has 1 unspecified atom stereocenters. The van der Waals surface area contributed by atoms with Crippen LogP contribution in [0.15, 0.2) is 18.2 Å². The summed E-state index contributed by atoms with van der Waals surface area (Å²) in [5.74, 6) is 1.39. The van der Waals surface area contributed by atoms with Gasteiger partial charge in [-0.1, -0.05) is 0 Å². The van der Waals surface area contributed by atoms with E-state index < -0.39 is 5.60 Å². The summed E-state index contributed by atoms with van der Waals surface area (Å²) in [6, 6.07) is 5.46. The first-order valence-electron chi connectivity index (χ1n) is 5.67. The number of carbonyl (C=O) groups is 1. The van der Waals surface area contributed by atoms with Gasteiger partial charge in [0.2, 0.25) is 0 Å². The highest BCUT2D eigenvalue weighted by Crippen LogP contribution is 2.39. The average Bonchev–Trinajstić information content (AvgIpc) is 2.63. The molecule has 5 heteroatoms. The molecule has 0 aromatic heterocycles. The van der Waals surface area contributed by atoms with Gasteiger partial charge in [0.25, 0.3) is 0 Å². The highest BCUT2D eigenvalue weighted by Gasteiger charge is 2.43. The SMILES string of the molecule is COc1ccc(OC)c(C2(C)CN(C)C(=O)O2)c1. The zero-order chi connectivity index (χ0) is 13.3. The van der Waals surface area contributed by atoms with E-state index in [0.29, 0.717) is 18.0 Å². The predicted molar refractivity (Wildman–Crippen MR) is 66.0 cm³/mol. The van der Waals surface area contributed by atoms with E-state index in [0.717, 1.165) is 5.56 Å². The predicted octanol–water partition coefficient (Wildman–Crippen LogP) is 2.00. The summed E-state index contributed by atoms with van der Waals surface area (Å²) in [4.78, 5) is 13.1. The number of methoxy groups -OCH3 is 2. The minimum Gasteiger partial charge on any atom is -0.497 e. The summed E-state index contributed by atoms with van der Waals surface area (Å²) in [6.07, 6.45) is -0.331. The van der Waals surface area contributed by atoms with Crippen molar-refractivity contribution in [2.75, 3.05) is 27.8 Å². The topological polar surface area (TPSA) is 48.0 Å². The third kappa shape index (κ3) is 1.96. The third-order valence-electron chi connectivity index (χ3n) is 3.14. The van der Waals surface area contributed by atoms with Gasteiger partial charge in [-0.3, -0.25) is 0 Å². The fourth-order valence-electron chi connectivity index (χ4n) is 2.19. The molecule has 98 valence electrons. The quantitative estimate of drug-likeness (QED) is 0.824. The lowest BCUT2D eigenvalue weighted by Gasteiger charge is -2.24. The molecule has 1 fully saturated rings. The van der Waals surface area contributed by atoms with Crippen LogP contribution in [-0.4, -0.2) is 38.8 Å². The summed E-state index contributed by atoms with van der Waals surface area (Å²) in [5.41, 5.74) is 0.0909. The molecule has 0 radical (unpaired) electrons. The molecule has 0 saturated carbocycles. The van der Waals surface area contributed by atoms with Gasteiger partial charge in [0.15, 0.2) is 5.60 Å². The molecule has 1 amide bonds. The number of carbonyl (C=O) groups excluding carboxylic acids is 1. The van der Waals surface area contributed by atoms with Crippen LogP contribution in [0, 0.1) is 0 Å². The van der Waals surface area contributed by atoms with Crippen molar-refractivity contribution < 1.29 is 19.0 Å². The van der Waals surface area contributed by atoms with Crippen LogP contribution in [0.4, 0.5) is 4.79 Å². The summed E-state index contributed by atoms with van der Waals surface area (Å²) >= 11 is 0. The van der Waals surface area contributed by atoms with E-state index in [1.165, 1.54) is 0 Å². The number of cyclic esters (lactones) is 1. The normalized spacial score (nSPS) is 22.9. The van der Waals surface area contributed by atoms with Gasteiger partial charge < -0.3 is 19.1 Å². The number of likely N-dealkylation sites (N-methyl/N-ethyl adjacent to an activating group) is 1. The lowest BCUT2D eigenvalue weighted by atomic mass is 9.94. The van der Waals surface area contributed by atoms with Crippen LogP contribution in [0.25, 0.3) is 0 Å². The van der Waals surface area contributed by atoms with E-state index in [1.807, 2.05) is 25.1 Å². The van der Waals surface area contributed by atoms with Crippen molar-refractivity contribution in [2.24, 2.45) is 0 Å². The molecular formula is C13H17NO4. The Hall–Kier alpha value is -1.91. The van der Waals surface area contributed by atoms with Crippen LogP contribution >= 0.6 is 0 Å². The van der Waals surface area contributed by atoms with E-state index in [1.54, 1.807) is 26.2 Å². The molecular weight excluding hydrogens is 234 g/mol. The zero-order valence-corrected chi connectivity index (χ0v) is 11.0. The van der Waals surface area contributed by atoms with Crippen LogP contribution < -0.4 is 9.47 Å². The molecule has 1 heterocycles. The molecule has 0 aliphatic carbocycles. The maximum atomic E-state index is 11.5. The van der Waals surface area contributed by atoms with Gasteiger partial charge in [0.05, 0.1) is 20.8 Å². The monoisotopic (exact) mass is 251 g/mol. The lowest BCUT2D eigenvalue weighted by Crippen LogP contribution is -2.27. The van der Waals surface area contributed by atoms with Gasteiger partial charge in [-0.05, 0) is 25.1 Å². The summed E-state index contributed by atoms with van der Waals surface area (Å²) in [7, 11) is 4.90. The number of hydrogen-bond acceptors (Lipinski definition) is 4. The molecule has 1 aliphatic heterocycles. The largest absolute Gasteiger partial charge is 0.497 e. The molecule has 18 heavy (non-hydrogen) atoms. The summed E-state index contributed by atoms with van der Waals surface area (Å²) < 4.78 is 16.0. The second-order valence-corrected chi connectivity index (χ2v) is 4.52. The molecule has 1 aliphatic rings. The molecule has 1 aromatic carbocycles. The number of rotatable bonds is 3. The standard InChI is InChI=1S/C13H17NO4/c1-13(8-14(2)12(15)18-13)10-7-9(16-3)5-6-11(10)17-4/h5-7H,8H2,1-4H3. The molecule has 5 nitrogen and oxygen atoms in total. The van der Waals surface area contributed by atoms with Crippen LogP contribution in [0.3, 0.4) is 0 Å². The Bertz CT molecular complexity index is 474. The van der Waals surface area contributed by atoms with Gasteiger partial charge in [0.1, 0.15) is 11.5 Å². The highest BCUT2D eigenvalue weighted by molar-refractivity contribution is 5.71. The highest BCUT2D eigenvalue weighted by atomic mass is 16.6. The first-order valence-corrected chi connectivity index (χ1v) is 5.67. The molecule has 0 spiro atoms. The lowest BCUT2D eigenvalue weighted by molar-refractivity contribution is 0.0679. The fourth-order valence-corrected chi connectivity index (χ4v) is 2.19. The maximum Gasteiger partial charge on any atom is 0.410 e. The smallest absolute Gasteiger partial charge is 0.410 e. The first-order chi connectivity index (χ1) is 8.50. The molecule has 0 bridgehead atoms.